The number of ether oxygens (including phenoxy) is 3. The number of benzene rings is 2. The third-order valence-corrected chi connectivity index (χ3v) is 5.40. The van der Waals surface area contributed by atoms with Crippen molar-refractivity contribution in [3.05, 3.63) is 53.1 Å². The molecule has 1 heterocycles. The summed E-state index contributed by atoms with van der Waals surface area (Å²) in [7, 11) is 4.94. The Morgan fingerprint density at radius 3 is 2.43 bits per heavy atom. The monoisotopic (exact) mass is 383 g/mol. The number of hydrogen-bond acceptors (Lipinski definition) is 4. The molecular formula is C23H29NO4. The van der Waals surface area contributed by atoms with Gasteiger partial charge in [0.25, 0.3) is 0 Å². The summed E-state index contributed by atoms with van der Waals surface area (Å²) in [5.41, 5.74) is 3.28. The molecule has 1 aliphatic rings. The fourth-order valence-electron chi connectivity index (χ4n) is 3.92. The molecule has 0 unspecified atom stereocenters. The fourth-order valence-corrected chi connectivity index (χ4v) is 3.92. The number of hydrogen-bond donors (Lipinski definition) is 0. The maximum Gasteiger partial charge on any atom is 0.223 e. The van der Waals surface area contributed by atoms with Crippen LogP contribution in [-0.2, 0) is 23.2 Å². The molecule has 1 aliphatic heterocycles. The van der Waals surface area contributed by atoms with Crippen LogP contribution in [0.4, 0.5) is 0 Å². The molecule has 0 bridgehead atoms. The second-order valence-corrected chi connectivity index (χ2v) is 7.85. The quantitative estimate of drug-likeness (QED) is 0.757. The SMILES string of the molecule is COc1cccc(CCC(=O)N2Cc3cc(OC)c(OC)cc3C(C)(C)C2)c1. The minimum Gasteiger partial charge on any atom is -0.497 e. The lowest BCUT2D eigenvalue weighted by atomic mass is 9.78. The number of carbonyl (C=O) groups is 1. The molecule has 28 heavy (non-hydrogen) atoms. The largest absolute Gasteiger partial charge is 0.497 e. The lowest BCUT2D eigenvalue weighted by Crippen LogP contribution is -2.45. The Morgan fingerprint density at radius 1 is 1.04 bits per heavy atom. The summed E-state index contributed by atoms with van der Waals surface area (Å²) in [6.45, 7) is 5.61. The highest BCUT2D eigenvalue weighted by Gasteiger charge is 2.34. The number of carbonyl (C=O) groups excluding carboxylic acids is 1. The van der Waals surface area contributed by atoms with Gasteiger partial charge in [0.05, 0.1) is 21.3 Å². The van der Waals surface area contributed by atoms with E-state index in [-0.39, 0.29) is 11.3 Å². The molecule has 0 saturated carbocycles. The van der Waals surface area contributed by atoms with Crippen molar-refractivity contribution in [1.82, 2.24) is 4.90 Å². The van der Waals surface area contributed by atoms with Crippen LogP contribution in [0.25, 0.3) is 0 Å². The summed E-state index contributed by atoms with van der Waals surface area (Å²) in [6, 6.07) is 11.9. The van der Waals surface area contributed by atoms with Crippen LogP contribution in [0.5, 0.6) is 17.2 Å². The van der Waals surface area contributed by atoms with Crippen LogP contribution >= 0.6 is 0 Å². The van der Waals surface area contributed by atoms with Gasteiger partial charge in [0.2, 0.25) is 5.91 Å². The molecule has 5 nitrogen and oxygen atoms in total. The van der Waals surface area contributed by atoms with Crippen LogP contribution in [0.3, 0.4) is 0 Å². The van der Waals surface area contributed by atoms with Gasteiger partial charge in [0.15, 0.2) is 11.5 Å². The first-order valence-corrected chi connectivity index (χ1v) is 9.54. The van der Waals surface area contributed by atoms with Gasteiger partial charge in [-0.3, -0.25) is 4.79 Å². The van der Waals surface area contributed by atoms with E-state index in [4.69, 9.17) is 14.2 Å². The summed E-state index contributed by atoms with van der Waals surface area (Å²) >= 11 is 0. The van der Waals surface area contributed by atoms with Crippen LogP contribution in [-0.4, -0.2) is 38.7 Å². The molecule has 3 rings (SSSR count). The molecule has 0 aromatic heterocycles. The number of aryl methyl sites for hydroxylation is 1. The smallest absolute Gasteiger partial charge is 0.223 e. The lowest BCUT2D eigenvalue weighted by Gasteiger charge is -2.40. The van der Waals surface area contributed by atoms with E-state index >= 15 is 0 Å². The van der Waals surface area contributed by atoms with Crippen molar-refractivity contribution >= 4 is 5.91 Å². The zero-order chi connectivity index (χ0) is 20.3. The number of fused-ring (bicyclic) bond motifs is 1. The van der Waals surface area contributed by atoms with Gasteiger partial charge < -0.3 is 19.1 Å². The van der Waals surface area contributed by atoms with E-state index in [1.165, 1.54) is 5.56 Å². The first-order valence-electron chi connectivity index (χ1n) is 9.54. The van der Waals surface area contributed by atoms with Gasteiger partial charge in [-0.1, -0.05) is 26.0 Å². The van der Waals surface area contributed by atoms with Crippen molar-refractivity contribution in [1.29, 1.82) is 0 Å². The highest BCUT2D eigenvalue weighted by atomic mass is 16.5. The Morgan fingerprint density at radius 2 is 1.75 bits per heavy atom. The third-order valence-electron chi connectivity index (χ3n) is 5.40. The molecule has 0 atom stereocenters. The highest BCUT2D eigenvalue weighted by molar-refractivity contribution is 5.77. The zero-order valence-electron chi connectivity index (χ0n) is 17.4. The second-order valence-electron chi connectivity index (χ2n) is 7.85. The predicted octanol–water partition coefficient (Wildman–Crippen LogP) is 3.97. The summed E-state index contributed by atoms with van der Waals surface area (Å²) < 4.78 is 16.2. The van der Waals surface area contributed by atoms with Crippen molar-refractivity contribution < 1.29 is 19.0 Å². The van der Waals surface area contributed by atoms with Crippen LogP contribution in [0.2, 0.25) is 0 Å². The van der Waals surface area contributed by atoms with Crippen molar-refractivity contribution in [3.63, 3.8) is 0 Å². The zero-order valence-corrected chi connectivity index (χ0v) is 17.4. The molecule has 2 aromatic carbocycles. The van der Waals surface area contributed by atoms with Crippen molar-refractivity contribution in [3.8, 4) is 17.2 Å². The van der Waals surface area contributed by atoms with Crippen LogP contribution in [0.1, 0.15) is 37.0 Å². The Kier molecular flexibility index (Phi) is 5.82. The first kappa shape index (κ1) is 20.1. The van der Waals surface area contributed by atoms with Crippen LogP contribution in [0.15, 0.2) is 36.4 Å². The number of rotatable bonds is 6. The highest BCUT2D eigenvalue weighted by Crippen LogP contribution is 2.40. The average molecular weight is 383 g/mol. The molecule has 0 spiro atoms. The number of amides is 1. The Labute approximate surface area is 167 Å². The van der Waals surface area contributed by atoms with Gasteiger partial charge in [-0.2, -0.15) is 0 Å². The van der Waals surface area contributed by atoms with E-state index in [1.807, 2.05) is 41.3 Å². The van der Waals surface area contributed by atoms with E-state index in [0.29, 0.717) is 31.7 Å². The van der Waals surface area contributed by atoms with E-state index < -0.39 is 0 Å². The third kappa shape index (κ3) is 4.08. The molecule has 0 saturated heterocycles. The normalized spacial score (nSPS) is 15.0. The Hall–Kier alpha value is -2.69. The van der Waals surface area contributed by atoms with Crippen molar-refractivity contribution in [2.24, 2.45) is 0 Å². The summed E-state index contributed by atoms with van der Waals surface area (Å²) in [5, 5.41) is 0. The van der Waals surface area contributed by atoms with Gasteiger partial charge in [-0.25, -0.2) is 0 Å². The molecular weight excluding hydrogens is 354 g/mol. The maximum absolute atomic E-state index is 12.9. The van der Waals surface area contributed by atoms with E-state index in [1.54, 1.807) is 21.3 Å². The molecule has 0 radical (unpaired) electrons. The molecule has 0 aliphatic carbocycles. The standard InChI is InChI=1S/C23H29NO4/c1-23(2)15-24(14-17-12-20(27-4)21(28-5)13-19(17)23)22(25)10-9-16-7-6-8-18(11-16)26-3/h6-8,11-13H,9-10,14-15H2,1-5H3. The molecule has 2 aromatic rings. The van der Waals surface area contributed by atoms with Gasteiger partial charge in [-0.15, -0.1) is 0 Å². The summed E-state index contributed by atoms with van der Waals surface area (Å²) in [4.78, 5) is 14.9. The van der Waals surface area contributed by atoms with Gasteiger partial charge in [-0.05, 0) is 47.4 Å². The number of nitrogens with zero attached hydrogens (tertiary/aromatic N) is 1. The number of methoxy groups -OCH3 is 3. The minimum atomic E-state index is -0.154. The Balaban J connectivity index is 1.76. The van der Waals surface area contributed by atoms with Gasteiger partial charge >= 0.3 is 0 Å². The predicted molar refractivity (Wildman–Crippen MR) is 109 cm³/mol. The fraction of sp³-hybridized carbons (Fsp3) is 0.435. The van der Waals surface area contributed by atoms with E-state index in [2.05, 4.69) is 13.8 Å². The van der Waals surface area contributed by atoms with Crippen LogP contribution < -0.4 is 14.2 Å². The molecule has 0 N–H and O–H groups in total. The maximum atomic E-state index is 12.9. The van der Waals surface area contributed by atoms with Gasteiger partial charge in [0.1, 0.15) is 5.75 Å². The van der Waals surface area contributed by atoms with Crippen molar-refractivity contribution in [2.75, 3.05) is 27.9 Å². The molecule has 0 fully saturated rings. The average Bonchev–Trinajstić information content (AvgIpc) is 2.70. The van der Waals surface area contributed by atoms with Gasteiger partial charge in [0, 0.05) is 24.9 Å². The minimum absolute atomic E-state index is 0.154. The van der Waals surface area contributed by atoms with Crippen molar-refractivity contribution in [2.45, 2.75) is 38.6 Å². The second kappa shape index (κ2) is 8.13. The molecule has 1 amide bonds. The molecule has 5 heteroatoms. The summed E-state index contributed by atoms with van der Waals surface area (Å²) in [5.74, 6) is 2.41. The van der Waals surface area contributed by atoms with Crippen LogP contribution in [0, 0.1) is 0 Å². The summed E-state index contributed by atoms with van der Waals surface area (Å²) in [6.07, 6.45) is 1.18. The Bertz CT molecular complexity index is 860. The molecule has 150 valence electrons. The lowest BCUT2D eigenvalue weighted by molar-refractivity contribution is -0.133. The topological polar surface area (TPSA) is 48.0 Å². The van der Waals surface area contributed by atoms with E-state index in [0.717, 1.165) is 22.6 Å². The first-order chi connectivity index (χ1) is 13.4. The van der Waals surface area contributed by atoms with E-state index in [9.17, 15) is 4.79 Å².